The first kappa shape index (κ1) is 15.7. The fraction of sp³-hybridized carbons (Fsp3) is 0.133. The monoisotopic (exact) mass is 333 g/mol. The minimum atomic E-state index is -3.91. The number of pyridine rings is 1. The maximum absolute atomic E-state index is 14.2. The lowest BCUT2D eigenvalue weighted by molar-refractivity contribution is -0.384. The average Bonchev–Trinajstić information content (AvgIpc) is 2.58. The number of rotatable bonds is 3. The number of benzene rings is 1. The molecule has 0 spiro atoms. The van der Waals surface area contributed by atoms with Crippen LogP contribution >= 0.6 is 0 Å². The van der Waals surface area contributed by atoms with E-state index in [2.05, 4.69) is 4.98 Å². The van der Waals surface area contributed by atoms with E-state index in [1.807, 2.05) is 0 Å². The number of hydrogen-bond acceptors (Lipinski definition) is 5. The highest BCUT2D eigenvalue weighted by Crippen LogP contribution is 2.36. The van der Waals surface area contributed by atoms with Crippen LogP contribution in [0.25, 0.3) is 0 Å². The van der Waals surface area contributed by atoms with Crippen molar-refractivity contribution in [3.05, 3.63) is 69.5 Å². The zero-order chi connectivity index (χ0) is 17.5. The van der Waals surface area contributed by atoms with Gasteiger partial charge in [-0.15, -0.1) is 0 Å². The molecule has 1 aliphatic rings. The quantitative estimate of drug-likeness (QED) is 0.488. The van der Waals surface area contributed by atoms with Crippen molar-refractivity contribution in [3.63, 3.8) is 0 Å². The van der Waals surface area contributed by atoms with Gasteiger partial charge in [0.1, 0.15) is 5.69 Å². The predicted octanol–water partition coefficient (Wildman–Crippen LogP) is 2.26. The second-order valence-electron chi connectivity index (χ2n) is 5.09. The van der Waals surface area contributed by atoms with Gasteiger partial charge in [-0.25, -0.2) is 0 Å². The van der Waals surface area contributed by atoms with Gasteiger partial charge < -0.3 is 0 Å². The molecular weight excluding hydrogens is 324 g/mol. The first-order valence-corrected chi connectivity index (χ1v) is 6.75. The fourth-order valence-corrected chi connectivity index (χ4v) is 2.39. The van der Waals surface area contributed by atoms with E-state index in [4.69, 9.17) is 0 Å². The summed E-state index contributed by atoms with van der Waals surface area (Å²) in [5, 5.41) is 10.6. The van der Waals surface area contributed by atoms with Gasteiger partial charge in [-0.05, 0) is 17.7 Å². The molecule has 1 aliphatic heterocycles. The molecule has 3 rings (SSSR count). The fourth-order valence-electron chi connectivity index (χ4n) is 2.39. The molecule has 0 N–H and O–H groups in total. The van der Waals surface area contributed by atoms with Crippen molar-refractivity contribution >= 4 is 17.5 Å². The molecule has 0 aliphatic carbocycles. The number of hydrogen-bond donors (Lipinski definition) is 0. The summed E-state index contributed by atoms with van der Waals surface area (Å²) in [4.78, 5) is 38.2. The molecule has 0 bridgehead atoms. The van der Waals surface area contributed by atoms with Crippen LogP contribution in [-0.4, -0.2) is 26.6 Å². The first-order chi connectivity index (χ1) is 11.3. The molecule has 0 atom stereocenters. The Hall–Kier alpha value is -3.23. The number of alkyl halides is 2. The zero-order valence-electron chi connectivity index (χ0n) is 12.0. The molecule has 0 saturated heterocycles. The number of fused-ring (bicyclic) bond motifs is 1. The van der Waals surface area contributed by atoms with E-state index in [-0.39, 0.29) is 11.3 Å². The van der Waals surface area contributed by atoms with Crippen molar-refractivity contribution < 1.29 is 23.3 Å². The lowest BCUT2D eigenvalue weighted by Gasteiger charge is -2.31. The maximum Gasteiger partial charge on any atom is 0.367 e. The molecule has 7 nitrogen and oxygen atoms in total. The van der Waals surface area contributed by atoms with Gasteiger partial charge in [0.05, 0.1) is 17.0 Å². The van der Waals surface area contributed by atoms with Gasteiger partial charge in [0.15, 0.2) is 0 Å². The van der Waals surface area contributed by atoms with E-state index < -0.39 is 34.9 Å². The Kier molecular flexibility index (Phi) is 3.55. The molecule has 2 aromatic rings. The van der Waals surface area contributed by atoms with Crippen LogP contribution in [0, 0.1) is 10.1 Å². The van der Waals surface area contributed by atoms with E-state index >= 15 is 0 Å². The summed E-state index contributed by atoms with van der Waals surface area (Å²) in [6.45, 7) is -0.417. The van der Waals surface area contributed by atoms with E-state index in [1.165, 1.54) is 36.4 Å². The normalized spacial score (nSPS) is 16.0. The molecule has 9 heteroatoms. The molecular formula is C15H9F2N3O4. The van der Waals surface area contributed by atoms with Crippen molar-refractivity contribution in [2.75, 3.05) is 0 Å². The van der Waals surface area contributed by atoms with Gasteiger partial charge in [0.25, 0.3) is 11.6 Å². The molecule has 0 radical (unpaired) electrons. The highest BCUT2D eigenvalue weighted by molar-refractivity contribution is 6.11. The van der Waals surface area contributed by atoms with Crippen molar-refractivity contribution in [2.45, 2.75) is 12.5 Å². The maximum atomic E-state index is 14.2. The van der Waals surface area contributed by atoms with Crippen LogP contribution in [0.2, 0.25) is 0 Å². The topological polar surface area (TPSA) is 93.4 Å². The predicted molar refractivity (Wildman–Crippen MR) is 76.1 cm³/mol. The second-order valence-corrected chi connectivity index (χ2v) is 5.09. The van der Waals surface area contributed by atoms with Gasteiger partial charge in [0.2, 0.25) is 0 Å². The van der Waals surface area contributed by atoms with Crippen LogP contribution in [0.3, 0.4) is 0 Å². The van der Waals surface area contributed by atoms with Crippen molar-refractivity contribution in [1.82, 2.24) is 9.88 Å². The molecule has 2 amide bonds. The number of nitrogens with zero attached hydrogens (tertiary/aromatic N) is 3. The number of carbonyl (C=O) groups is 2. The number of carbonyl (C=O) groups excluding carboxylic acids is 2. The number of halogens is 2. The molecule has 0 fully saturated rings. The minimum Gasteiger partial charge on any atom is -0.269 e. The summed E-state index contributed by atoms with van der Waals surface area (Å²) in [5.41, 5.74) is -1.08. The van der Waals surface area contributed by atoms with Gasteiger partial charge in [-0.3, -0.25) is 29.6 Å². The highest BCUT2D eigenvalue weighted by atomic mass is 19.3. The van der Waals surface area contributed by atoms with Crippen LogP contribution in [0.15, 0.2) is 42.6 Å². The summed E-state index contributed by atoms with van der Waals surface area (Å²) in [6.07, 6.45) is 1.08. The molecule has 122 valence electrons. The molecule has 24 heavy (non-hydrogen) atoms. The zero-order valence-corrected chi connectivity index (χ0v) is 12.0. The van der Waals surface area contributed by atoms with Crippen molar-refractivity contribution in [2.24, 2.45) is 0 Å². The van der Waals surface area contributed by atoms with E-state index in [0.29, 0.717) is 10.5 Å². The van der Waals surface area contributed by atoms with Crippen LogP contribution < -0.4 is 0 Å². The van der Waals surface area contributed by atoms with E-state index in [1.54, 1.807) is 0 Å². The number of non-ortho nitro benzene ring substituents is 1. The van der Waals surface area contributed by atoms with Crippen LogP contribution in [-0.2, 0) is 17.3 Å². The summed E-state index contributed by atoms with van der Waals surface area (Å²) < 4.78 is 28.4. The number of nitro benzene ring substituents is 1. The Labute approximate surface area is 133 Å². The number of amides is 2. The minimum absolute atomic E-state index is 0.185. The van der Waals surface area contributed by atoms with Crippen molar-refractivity contribution in [1.29, 1.82) is 0 Å². The lowest BCUT2D eigenvalue weighted by atomic mass is 10.00. The first-order valence-electron chi connectivity index (χ1n) is 6.75. The van der Waals surface area contributed by atoms with Crippen LogP contribution in [0.5, 0.6) is 0 Å². The Morgan fingerprint density at radius 1 is 1.17 bits per heavy atom. The number of aromatic nitrogens is 1. The third kappa shape index (κ3) is 2.39. The second kappa shape index (κ2) is 5.44. The molecule has 1 aromatic heterocycles. The summed E-state index contributed by atoms with van der Waals surface area (Å²) in [5.74, 6) is -6.46. The lowest BCUT2D eigenvalue weighted by Crippen LogP contribution is -2.50. The Morgan fingerprint density at radius 2 is 1.83 bits per heavy atom. The van der Waals surface area contributed by atoms with Gasteiger partial charge in [-0.1, -0.05) is 12.1 Å². The largest absolute Gasteiger partial charge is 0.367 e. The van der Waals surface area contributed by atoms with Gasteiger partial charge in [-0.2, -0.15) is 8.78 Å². The molecule has 2 heterocycles. The third-order valence-electron chi connectivity index (χ3n) is 3.58. The smallest absolute Gasteiger partial charge is 0.269 e. The van der Waals surface area contributed by atoms with Gasteiger partial charge >= 0.3 is 11.8 Å². The van der Waals surface area contributed by atoms with Crippen LogP contribution in [0.4, 0.5) is 14.5 Å². The molecule has 0 saturated carbocycles. The average molecular weight is 333 g/mol. The van der Waals surface area contributed by atoms with Crippen LogP contribution in [0.1, 0.15) is 21.6 Å². The highest BCUT2D eigenvalue weighted by Gasteiger charge is 2.53. The SMILES string of the molecule is O=C1c2cccnc2C(F)(F)C(=O)N1Cc1ccc([N+](=O)[O-])cc1. The van der Waals surface area contributed by atoms with Gasteiger partial charge in [0, 0.05) is 18.3 Å². The summed E-state index contributed by atoms with van der Waals surface area (Å²) in [7, 11) is 0. The Balaban J connectivity index is 1.95. The van der Waals surface area contributed by atoms with E-state index in [0.717, 1.165) is 6.20 Å². The van der Waals surface area contributed by atoms with Crippen molar-refractivity contribution in [3.8, 4) is 0 Å². The molecule has 0 unspecified atom stereocenters. The molecule has 1 aromatic carbocycles. The number of imide groups is 1. The summed E-state index contributed by atoms with van der Waals surface area (Å²) >= 11 is 0. The van der Waals surface area contributed by atoms with E-state index in [9.17, 15) is 28.5 Å². The standard InChI is InChI=1S/C15H9F2N3O4/c16-15(17)12-11(2-1-7-18-12)13(21)19(14(15)22)8-9-3-5-10(6-4-9)20(23)24/h1-7H,8H2. The Bertz CT molecular complexity index is 852. The Morgan fingerprint density at radius 3 is 2.46 bits per heavy atom. The third-order valence-corrected chi connectivity index (χ3v) is 3.58. The number of nitro groups is 1. The summed E-state index contributed by atoms with van der Waals surface area (Å²) in [6, 6.07) is 7.44.